The molecule has 0 unspecified atom stereocenters. The maximum absolute atomic E-state index is 12.7. The second-order valence-corrected chi connectivity index (χ2v) is 8.44. The Labute approximate surface area is 153 Å². The van der Waals surface area contributed by atoms with Gasteiger partial charge in [0.2, 0.25) is 5.91 Å². The molecular weight excluding hydrogens is 330 g/mol. The molecule has 0 N–H and O–H groups in total. The summed E-state index contributed by atoms with van der Waals surface area (Å²) in [7, 11) is 0. The van der Waals surface area contributed by atoms with Crippen LogP contribution >= 0.6 is 11.3 Å². The monoisotopic (exact) mass is 355 g/mol. The highest BCUT2D eigenvalue weighted by atomic mass is 32.1. The number of hydrogen-bond donors (Lipinski definition) is 0. The van der Waals surface area contributed by atoms with E-state index in [2.05, 4.69) is 46.0 Å². The van der Waals surface area contributed by atoms with Crippen LogP contribution in [0, 0.1) is 12.8 Å². The number of benzene rings is 1. The number of carbonyl (C=O) groups excluding carboxylic acids is 1. The van der Waals surface area contributed by atoms with Crippen LogP contribution in [0.4, 0.5) is 5.13 Å². The van der Waals surface area contributed by atoms with Crippen LogP contribution in [-0.4, -0.2) is 35.4 Å². The highest BCUT2D eigenvalue weighted by molar-refractivity contribution is 7.15. The van der Waals surface area contributed by atoms with E-state index in [-0.39, 0.29) is 0 Å². The lowest BCUT2D eigenvalue weighted by atomic mass is 9.92. The molecular formula is C20H25N3OS. The number of fused-ring (bicyclic) bond motifs is 1. The Kier molecular flexibility index (Phi) is 4.75. The minimum absolute atomic E-state index is 0.332. The highest BCUT2D eigenvalue weighted by Gasteiger charge is 2.26. The first-order valence-electron chi connectivity index (χ1n) is 9.21. The van der Waals surface area contributed by atoms with E-state index in [1.54, 1.807) is 11.3 Å². The number of nitrogens with zero attached hydrogens (tertiary/aromatic N) is 3. The molecule has 4 rings (SSSR count). The Morgan fingerprint density at radius 3 is 2.68 bits per heavy atom. The fraction of sp³-hybridized carbons (Fsp3) is 0.500. The van der Waals surface area contributed by atoms with E-state index in [4.69, 9.17) is 0 Å². The number of amides is 1. The lowest BCUT2D eigenvalue weighted by molar-refractivity contribution is -0.133. The predicted molar refractivity (Wildman–Crippen MR) is 102 cm³/mol. The van der Waals surface area contributed by atoms with E-state index in [0.717, 1.165) is 50.6 Å². The molecule has 25 heavy (non-hydrogen) atoms. The number of hydrogen-bond acceptors (Lipinski definition) is 4. The van der Waals surface area contributed by atoms with Crippen molar-refractivity contribution in [3.05, 3.63) is 46.5 Å². The molecule has 3 heterocycles. The van der Waals surface area contributed by atoms with Gasteiger partial charge in [-0.15, -0.1) is 11.3 Å². The van der Waals surface area contributed by atoms with Crippen molar-refractivity contribution in [2.45, 2.75) is 39.2 Å². The normalized spacial score (nSPS) is 18.3. The van der Waals surface area contributed by atoms with Crippen LogP contribution < -0.4 is 4.90 Å². The standard InChI is InChI=1S/C20H25N3OS/c1-15-13-21-20(25-15)22-9-6-16(7-10-22)12-19(24)23-11-8-17-4-2-3-5-18(17)14-23/h2-5,13,16H,6-12,14H2,1H3. The summed E-state index contributed by atoms with van der Waals surface area (Å²) < 4.78 is 0. The second-order valence-electron chi connectivity index (χ2n) is 7.22. The van der Waals surface area contributed by atoms with Crippen molar-refractivity contribution >= 4 is 22.4 Å². The largest absolute Gasteiger partial charge is 0.348 e. The summed E-state index contributed by atoms with van der Waals surface area (Å²) in [5.41, 5.74) is 2.72. The zero-order chi connectivity index (χ0) is 17.2. The Hall–Kier alpha value is -1.88. The first-order chi connectivity index (χ1) is 12.2. The molecule has 0 radical (unpaired) electrons. The number of piperidine rings is 1. The van der Waals surface area contributed by atoms with E-state index in [1.165, 1.54) is 16.0 Å². The van der Waals surface area contributed by atoms with Crippen molar-refractivity contribution in [2.24, 2.45) is 5.92 Å². The minimum atomic E-state index is 0.332. The van der Waals surface area contributed by atoms with Gasteiger partial charge in [0.25, 0.3) is 0 Å². The molecule has 2 aliphatic heterocycles. The SMILES string of the molecule is Cc1cnc(N2CCC(CC(=O)N3CCc4ccccc4C3)CC2)s1. The van der Waals surface area contributed by atoms with Gasteiger partial charge in [0.05, 0.1) is 0 Å². The zero-order valence-electron chi connectivity index (χ0n) is 14.8. The van der Waals surface area contributed by atoms with Gasteiger partial charge in [-0.3, -0.25) is 4.79 Å². The topological polar surface area (TPSA) is 36.4 Å². The van der Waals surface area contributed by atoms with Gasteiger partial charge in [-0.1, -0.05) is 24.3 Å². The van der Waals surface area contributed by atoms with Crippen molar-refractivity contribution in [3.63, 3.8) is 0 Å². The molecule has 1 aromatic carbocycles. The van der Waals surface area contributed by atoms with E-state index in [1.807, 2.05) is 6.20 Å². The molecule has 4 nitrogen and oxygen atoms in total. The molecule has 0 spiro atoms. The van der Waals surface area contributed by atoms with Crippen LogP contribution in [0.2, 0.25) is 0 Å². The zero-order valence-corrected chi connectivity index (χ0v) is 15.6. The molecule has 2 aromatic rings. The number of aromatic nitrogens is 1. The molecule has 0 saturated carbocycles. The molecule has 1 amide bonds. The van der Waals surface area contributed by atoms with Gasteiger partial charge in [-0.25, -0.2) is 4.98 Å². The van der Waals surface area contributed by atoms with Crippen molar-refractivity contribution in [2.75, 3.05) is 24.5 Å². The van der Waals surface area contributed by atoms with Crippen LogP contribution in [-0.2, 0) is 17.8 Å². The Morgan fingerprint density at radius 1 is 1.20 bits per heavy atom. The Balaban J connectivity index is 1.29. The number of thiazole rings is 1. The van der Waals surface area contributed by atoms with Gasteiger partial charge < -0.3 is 9.80 Å². The van der Waals surface area contributed by atoms with E-state index in [0.29, 0.717) is 18.2 Å². The average Bonchev–Trinajstić information content (AvgIpc) is 3.08. The van der Waals surface area contributed by atoms with E-state index in [9.17, 15) is 4.79 Å². The summed E-state index contributed by atoms with van der Waals surface area (Å²) >= 11 is 1.77. The summed E-state index contributed by atoms with van der Waals surface area (Å²) in [6.45, 7) is 5.80. The molecule has 0 aliphatic carbocycles. The highest BCUT2D eigenvalue weighted by Crippen LogP contribution is 2.29. The number of rotatable bonds is 3. The van der Waals surface area contributed by atoms with Crippen molar-refractivity contribution < 1.29 is 4.79 Å². The molecule has 132 valence electrons. The van der Waals surface area contributed by atoms with Gasteiger partial charge >= 0.3 is 0 Å². The average molecular weight is 356 g/mol. The molecule has 1 aromatic heterocycles. The third-order valence-electron chi connectivity index (χ3n) is 5.44. The van der Waals surface area contributed by atoms with Crippen molar-refractivity contribution in [3.8, 4) is 0 Å². The molecule has 0 atom stereocenters. The van der Waals surface area contributed by atoms with Gasteiger partial charge in [0, 0.05) is 43.7 Å². The van der Waals surface area contributed by atoms with Gasteiger partial charge in [0.15, 0.2) is 5.13 Å². The van der Waals surface area contributed by atoms with Crippen LogP contribution in [0.1, 0.15) is 35.3 Å². The third kappa shape index (κ3) is 3.71. The van der Waals surface area contributed by atoms with Gasteiger partial charge in [-0.2, -0.15) is 0 Å². The number of anilines is 1. The summed E-state index contributed by atoms with van der Waals surface area (Å²) in [6, 6.07) is 8.51. The van der Waals surface area contributed by atoms with Crippen LogP contribution in [0.5, 0.6) is 0 Å². The maximum Gasteiger partial charge on any atom is 0.223 e. The molecule has 1 fully saturated rings. The Morgan fingerprint density at radius 2 is 1.96 bits per heavy atom. The summed E-state index contributed by atoms with van der Waals surface area (Å²) in [5.74, 6) is 0.847. The van der Waals surface area contributed by atoms with Gasteiger partial charge in [0.1, 0.15) is 0 Å². The second kappa shape index (κ2) is 7.16. The molecule has 5 heteroatoms. The first kappa shape index (κ1) is 16.6. The molecule has 1 saturated heterocycles. The van der Waals surface area contributed by atoms with Crippen LogP contribution in [0.3, 0.4) is 0 Å². The lowest BCUT2D eigenvalue weighted by Crippen LogP contribution is -2.39. The first-order valence-corrected chi connectivity index (χ1v) is 10.0. The maximum atomic E-state index is 12.7. The predicted octanol–water partition coefficient (Wildman–Crippen LogP) is 3.64. The molecule has 0 bridgehead atoms. The van der Waals surface area contributed by atoms with Crippen LogP contribution in [0.15, 0.2) is 30.5 Å². The van der Waals surface area contributed by atoms with Crippen molar-refractivity contribution in [1.29, 1.82) is 0 Å². The fourth-order valence-corrected chi connectivity index (χ4v) is 4.71. The van der Waals surface area contributed by atoms with Gasteiger partial charge in [-0.05, 0) is 43.2 Å². The minimum Gasteiger partial charge on any atom is -0.348 e. The molecule has 2 aliphatic rings. The van der Waals surface area contributed by atoms with Crippen LogP contribution in [0.25, 0.3) is 0 Å². The third-order valence-corrected chi connectivity index (χ3v) is 6.41. The Bertz CT molecular complexity index is 749. The van der Waals surface area contributed by atoms with E-state index < -0.39 is 0 Å². The number of aryl methyl sites for hydroxylation is 1. The fourth-order valence-electron chi connectivity index (χ4n) is 3.90. The summed E-state index contributed by atoms with van der Waals surface area (Å²) in [4.78, 5) is 22.9. The lowest BCUT2D eigenvalue weighted by Gasteiger charge is -2.34. The van der Waals surface area contributed by atoms with Crippen molar-refractivity contribution in [1.82, 2.24) is 9.88 Å². The van der Waals surface area contributed by atoms with E-state index >= 15 is 0 Å². The smallest absolute Gasteiger partial charge is 0.223 e. The number of carbonyl (C=O) groups is 1. The summed E-state index contributed by atoms with van der Waals surface area (Å²) in [5, 5.41) is 1.13. The summed E-state index contributed by atoms with van der Waals surface area (Å²) in [6.07, 6.45) is 5.82. The quantitative estimate of drug-likeness (QED) is 0.843.